The van der Waals surface area contributed by atoms with E-state index in [2.05, 4.69) is 46.2 Å². The number of halogens is 2. The smallest absolute Gasteiger partial charge is 0.459 e. The molecule has 3 fully saturated rings. The van der Waals surface area contributed by atoms with Crippen LogP contribution in [0.15, 0.2) is 49.6 Å². The van der Waals surface area contributed by atoms with Crippen LogP contribution in [0.5, 0.6) is 0 Å². The van der Waals surface area contributed by atoms with E-state index < -0.39 is 71.5 Å². The molecular formula is C36H47F2NO10. The van der Waals surface area contributed by atoms with Crippen molar-refractivity contribution in [1.82, 2.24) is 5.32 Å². The summed E-state index contributed by atoms with van der Waals surface area (Å²) in [5.74, 6) is -5.36. The Bertz CT molecular complexity index is 1430. The van der Waals surface area contributed by atoms with E-state index >= 15 is 4.39 Å². The van der Waals surface area contributed by atoms with Gasteiger partial charge in [-0.05, 0) is 48.3 Å². The summed E-state index contributed by atoms with van der Waals surface area (Å²) < 4.78 is 62.9. The van der Waals surface area contributed by atoms with Crippen LogP contribution in [0.25, 0.3) is 0 Å². The Morgan fingerprint density at radius 1 is 0.980 bits per heavy atom. The van der Waals surface area contributed by atoms with Gasteiger partial charge in [0.15, 0.2) is 5.54 Å². The lowest BCUT2D eigenvalue weighted by Crippen LogP contribution is -2.65. The highest BCUT2D eigenvalue weighted by atomic mass is 19.1. The number of carbonyl (C=O) groups excluding carboxylic acids is 4. The van der Waals surface area contributed by atoms with Crippen molar-refractivity contribution >= 4 is 24.2 Å². The predicted molar refractivity (Wildman–Crippen MR) is 172 cm³/mol. The first-order valence-electron chi connectivity index (χ1n) is 16.5. The van der Waals surface area contributed by atoms with Crippen molar-refractivity contribution in [3.05, 3.63) is 61.0 Å². The summed E-state index contributed by atoms with van der Waals surface area (Å²) in [6, 6.07) is 5.35. The van der Waals surface area contributed by atoms with Crippen LogP contribution in [0.4, 0.5) is 18.4 Å². The second kappa shape index (κ2) is 14.5. The van der Waals surface area contributed by atoms with Gasteiger partial charge in [0.05, 0.1) is 12.7 Å². The molecule has 1 amide bonds. The summed E-state index contributed by atoms with van der Waals surface area (Å²) in [5.41, 5.74) is -5.03. The molecule has 11 nitrogen and oxygen atoms in total. The first-order chi connectivity index (χ1) is 23.0. The zero-order valence-corrected chi connectivity index (χ0v) is 28.9. The highest BCUT2D eigenvalue weighted by Gasteiger charge is 2.87. The van der Waals surface area contributed by atoms with Gasteiger partial charge in [0, 0.05) is 24.2 Å². The lowest BCUT2D eigenvalue weighted by Gasteiger charge is -2.42. The molecule has 0 bridgehead atoms. The van der Waals surface area contributed by atoms with Gasteiger partial charge in [-0.2, -0.15) is 0 Å². The maximum atomic E-state index is 16.5. The normalized spacial score (nSPS) is 32.9. The van der Waals surface area contributed by atoms with E-state index in [0.717, 1.165) is 6.42 Å². The Hall–Kier alpha value is -4.00. The number of alkyl halides is 1. The molecule has 0 heterocycles. The van der Waals surface area contributed by atoms with Gasteiger partial charge in [-0.25, -0.2) is 28.0 Å². The van der Waals surface area contributed by atoms with E-state index in [1.807, 2.05) is 6.92 Å². The summed E-state index contributed by atoms with van der Waals surface area (Å²) in [7, 11) is 0. The molecule has 3 aliphatic rings. The minimum absolute atomic E-state index is 0.138. The monoisotopic (exact) mass is 691 g/mol. The number of nitrogens with one attached hydrogen (secondary N) is 1. The SMILES string of the molecule is C=CCOC(=O)N[C@@]1(C(=O)OC(C)OC(=O)O[C@H]2C[C@@H](C)C(C)(C)C2(C)CC)[C@H](OCc2ccc(F)cc2)C[C@@H]2[C@H]1[C@@]2(F)C(=O)OCC=C. The highest BCUT2D eigenvalue weighted by molar-refractivity contribution is 5.94. The summed E-state index contributed by atoms with van der Waals surface area (Å²) in [6.45, 7) is 17.9. The Morgan fingerprint density at radius 2 is 1.61 bits per heavy atom. The fraction of sp³-hybridized carbons (Fsp3) is 0.611. The van der Waals surface area contributed by atoms with E-state index in [1.165, 1.54) is 43.3 Å². The van der Waals surface area contributed by atoms with Crippen LogP contribution in [0.2, 0.25) is 0 Å². The highest BCUT2D eigenvalue weighted by Crippen LogP contribution is 2.68. The molecule has 0 aliphatic heterocycles. The average molecular weight is 692 g/mol. The Morgan fingerprint density at radius 3 is 2.22 bits per heavy atom. The second-order valence-corrected chi connectivity index (χ2v) is 13.9. The number of fused-ring (bicyclic) bond motifs is 1. The number of benzene rings is 1. The van der Waals surface area contributed by atoms with Gasteiger partial charge in [0.25, 0.3) is 0 Å². The molecule has 1 N–H and O–H groups in total. The van der Waals surface area contributed by atoms with Crippen molar-refractivity contribution in [2.24, 2.45) is 28.6 Å². The molecule has 9 atom stereocenters. The minimum atomic E-state index is -2.71. The van der Waals surface area contributed by atoms with Gasteiger partial charge >= 0.3 is 24.2 Å². The standard InChI is InChI=1S/C36H47F2NO10/c1-9-16-44-29(40)35(38)25-19-27(46-20-23-12-14-24(37)15-13-23)36(28(25)35,39-31(42)45-17-10-2)30(41)47-22(5)48-32(43)49-26-18-21(4)33(6,7)34(26,8)11-3/h9-10,12-15,21-22,25-28H,1-2,11,16-20H2,3-8H3,(H,39,42)/t21-,22?,25-,26+,27-,28+,34?,35-,36+/m1/s1. The van der Waals surface area contributed by atoms with E-state index in [-0.39, 0.29) is 43.0 Å². The maximum Gasteiger partial charge on any atom is 0.511 e. The van der Waals surface area contributed by atoms with Gasteiger partial charge in [-0.1, -0.05) is 72.1 Å². The van der Waals surface area contributed by atoms with Crippen LogP contribution in [0.1, 0.15) is 66.4 Å². The number of ether oxygens (including phenoxy) is 6. The van der Waals surface area contributed by atoms with Crippen molar-refractivity contribution in [2.75, 3.05) is 13.2 Å². The molecule has 2 unspecified atom stereocenters. The number of carbonyl (C=O) groups is 4. The molecule has 4 rings (SSSR count). The number of rotatable bonds is 14. The quantitative estimate of drug-likeness (QED) is 0.102. The first kappa shape index (κ1) is 37.8. The van der Waals surface area contributed by atoms with Crippen LogP contribution < -0.4 is 5.32 Å². The second-order valence-electron chi connectivity index (χ2n) is 13.9. The van der Waals surface area contributed by atoms with Gasteiger partial charge in [-0.3, -0.25) is 0 Å². The zero-order chi connectivity index (χ0) is 36.4. The van der Waals surface area contributed by atoms with Gasteiger partial charge in [0.2, 0.25) is 12.0 Å². The fourth-order valence-corrected chi connectivity index (χ4v) is 7.57. The van der Waals surface area contributed by atoms with Crippen molar-refractivity contribution in [3.63, 3.8) is 0 Å². The molecule has 270 valence electrons. The molecule has 1 aromatic carbocycles. The molecule has 49 heavy (non-hydrogen) atoms. The molecule has 13 heteroatoms. The zero-order valence-electron chi connectivity index (χ0n) is 28.9. The van der Waals surface area contributed by atoms with Gasteiger partial charge in [-0.15, -0.1) is 0 Å². The molecule has 0 aromatic heterocycles. The van der Waals surface area contributed by atoms with Crippen LogP contribution in [-0.2, 0) is 44.6 Å². The van der Waals surface area contributed by atoms with Gasteiger partial charge < -0.3 is 33.7 Å². The Labute approximate surface area is 285 Å². The van der Waals surface area contributed by atoms with Crippen LogP contribution in [-0.4, -0.2) is 67.1 Å². The average Bonchev–Trinajstić information content (AvgIpc) is 3.43. The largest absolute Gasteiger partial charge is 0.511 e. The summed E-state index contributed by atoms with van der Waals surface area (Å²) in [6.07, 6.45) is -1.85. The molecule has 3 saturated carbocycles. The third-order valence-electron chi connectivity index (χ3n) is 11.2. The summed E-state index contributed by atoms with van der Waals surface area (Å²) >= 11 is 0. The third-order valence-corrected chi connectivity index (χ3v) is 11.2. The van der Waals surface area contributed by atoms with Crippen LogP contribution >= 0.6 is 0 Å². The summed E-state index contributed by atoms with van der Waals surface area (Å²) in [5, 5.41) is 2.42. The third kappa shape index (κ3) is 6.91. The molecule has 3 aliphatic carbocycles. The minimum Gasteiger partial charge on any atom is -0.459 e. The van der Waals surface area contributed by atoms with Crippen molar-refractivity contribution in [2.45, 2.75) is 97.1 Å². The van der Waals surface area contributed by atoms with Crippen molar-refractivity contribution in [3.8, 4) is 0 Å². The van der Waals surface area contributed by atoms with Crippen molar-refractivity contribution < 1.29 is 56.4 Å². The molecule has 1 aromatic rings. The predicted octanol–water partition coefficient (Wildman–Crippen LogP) is 6.34. The van der Waals surface area contributed by atoms with E-state index in [9.17, 15) is 23.6 Å². The van der Waals surface area contributed by atoms with E-state index in [0.29, 0.717) is 12.0 Å². The van der Waals surface area contributed by atoms with Crippen LogP contribution in [0, 0.1) is 34.4 Å². The molecule has 0 spiro atoms. The number of hydrogen-bond acceptors (Lipinski definition) is 10. The lowest BCUT2D eigenvalue weighted by molar-refractivity contribution is -0.186. The molecular weight excluding hydrogens is 644 g/mol. The number of amides is 1. The van der Waals surface area contributed by atoms with Crippen molar-refractivity contribution in [1.29, 1.82) is 0 Å². The first-order valence-corrected chi connectivity index (χ1v) is 16.5. The Balaban J connectivity index is 1.60. The maximum absolute atomic E-state index is 16.5. The molecule has 0 radical (unpaired) electrons. The van der Waals surface area contributed by atoms with Crippen LogP contribution in [0.3, 0.4) is 0 Å². The number of esters is 2. The lowest BCUT2D eigenvalue weighted by atomic mass is 9.64. The van der Waals surface area contributed by atoms with Gasteiger partial charge in [0.1, 0.15) is 25.1 Å². The number of alkyl carbamates (subject to hydrolysis) is 1. The van der Waals surface area contributed by atoms with E-state index in [1.54, 1.807) is 0 Å². The number of hydrogen-bond donors (Lipinski definition) is 1. The van der Waals surface area contributed by atoms with E-state index in [4.69, 9.17) is 28.4 Å². The molecule has 0 saturated heterocycles. The Kier molecular flexibility index (Phi) is 11.2. The fourth-order valence-electron chi connectivity index (χ4n) is 7.57. The summed E-state index contributed by atoms with van der Waals surface area (Å²) in [4.78, 5) is 53.2. The topological polar surface area (TPSA) is 136 Å².